The molecule has 30 heavy (non-hydrogen) atoms. The minimum Gasteiger partial charge on any atom is -0.361 e. The molecule has 0 radical (unpaired) electrons. The number of aromatic nitrogens is 4. The summed E-state index contributed by atoms with van der Waals surface area (Å²) in [6, 6.07) is 8.19. The molecule has 1 aromatic carbocycles. The lowest BCUT2D eigenvalue weighted by molar-refractivity contribution is -0.131. The molecule has 0 spiro atoms. The first-order valence-electron chi connectivity index (χ1n) is 10.5. The molecule has 3 heterocycles. The van der Waals surface area contributed by atoms with E-state index in [0.717, 1.165) is 29.3 Å². The Labute approximate surface area is 175 Å². The minimum absolute atomic E-state index is 0.144. The van der Waals surface area contributed by atoms with Crippen LogP contribution in [-0.2, 0) is 11.2 Å². The molecule has 2 amide bonds. The molecule has 3 aromatic rings. The smallest absolute Gasteiger partial charge is 0.273 e. The predicted molar refractivity (Wildman–Crippen MR) is 114 cm³/mol. The van der Waals surface area contributed by atoms with E-state index in [-0.39, 0.29) is 17.9 Å². The highest BCUT2D eigenvalue weighted by Crippen LogP contribution is 2.24. The third-order valence-electron chi connectivity index (χ3n) is 5.62. The molecule has 8 heteroatoms. The quantitative estimate of drug-likeness (QED) is 0.655. The van der Waals surface area contributed by atoms with Crippen molar-refractivity contribution < 1.29 is 9.59 Å². The van der Waals surface area contributed by atoms with Gasteiger partial charge in [-0.1, -0.05) is 37.3 Å². The zero-order valence-electron chi connectivity index (χ0n) is 17.5. The van der Waals surface area contributed by atoms with Crippen LogP contribution in [0.2, 0.25) is 0 Å². The Balaban J connectivity index is 1.31. The Kier molecular flexibility index (Phi) is 5.83. The lowest BCUT2D eigenvalue weighted by Crippen LogP contribution is -2.40. The molecule has 4 rings (SSSR count). The third-order valence-corrected chi connectivity index (χ3v) is 5.62. The third kappa shape index (κ3) is 4.37. The number of hydrogen-bond donors (Lipinski definition) is 2. The normalized spacial score (nSPS) is 15.1. The number of para-hydroxylation sites is 1. The maximum atomic E-state index is 12.8. The van der Waals surface area contributed by atoms with Gasteiger partial charge in [0.2, 0.25) is 5.91 Å². The number of carbonyl (C=O) groups excluding carboxylic acids is 2. The maximum absolute atomic E-state index is 12.8. The second-order valence-corrected chi connectivity index (χ2v) is 8.34. The average molecular weight is 409 g/mol. The van der Waals surface area contributed by atoms with Gasteiger partial charge in [-0.2, -0.15) is 0 Å². The largest absolute Gasteiger partial charge is 0.361 e. The van der Waals surface area contributed by atoms with Crippen molar-refractivity contribution in [2.75, 3.05) is 19.6 Å². The van der Waals surface area contributed by atoms with E-state index in [9.17, 15) is 9.59 Å². The first-order chi connectivity index (χ1) is 14.5. The van der Waals surface area contributed by atoms with E-state index in [2.05, 4.69) is 20.6 Å². The van der Waals surface area contributed by atoms with Crippen LogP contribution in [-0.4, -0.2) is 56.3 Å². The number of hydrogen-bond acceptors (Lipinski definition) is 4. The fourth-order valence-corrected chi connectivity index (χ4v) is 3.88. The van der Waals surface area contributed by atoms with Gasteiger partial charge in [0.05, 0.1) is 18.7 Å². The first kappa shape index (κ1) is 20.1. The van der Waals surface area contributed by atoms with Crippen LogP contribution in [0.3, 0.4) is 0 Å². The summed E-state index contributed by atoms with van der Waals surface area (Å²) in [7, 11) is 0. The highest BCUT2D eigenvalue weighted by molar-refractivity contribution is 5.91. The van der Waals surface area contributed by atoms with Crippen LogP contribution in [0.5, 0.6) is 0 Å². The summed E-state index contributed by atoms with van der Waals surface area (Å²) >= 11 is 0. The van der Waals surface area contributed by atoms with Crippen LogP contribution in [0.15, 0.2) is 36.7 Å². The van der Waals surface area contributed by atoms with Crippen LogP contribution in [0, 0.1) is 5.92 Å². The van der Waals surface area contributed by atoms with Crippen LogP contribution in [0.4, 0.5) is 0 Å². The number of benzene rings is 1. The van der Waals surface area contributed by atoms with Gasteiger partial charge in [0.25, 0.3) is 5.91 Å². The lowest BCUT2D eigenvalue weighted by Gasteiger charge is -2.31. The zero-order chi connectivity index (χ0) is 21.1. The summed E-state index contributed by atoms with van der Waals surface area (Å²) in [6.45, 7) is 6.07. The highest BCUT2D eigenvalue weighted by atomic mass is 16.2. The number of rotatable bonds is 6. The number of aromatic amines is 1. The monoisotopic (exact) mass is 408 g/mol. The van der Waals surface area contributed by atoms with Crippen molar-refractivity contribution in [3.8, 4) is 0 Å². The first-order valence-corrected chi connectivity index (χ1v) is 10.5. The number of fused-ring (bicyclic) bond motifs is 1. The van der Waals surface area contributed by atoms with E-state index in [1.807, 2.05) is 49.2 Å². The summed E-state index contributed by atoms with van der Waals surface area (Å²) in [5, 5.41) is 12.1. The van der Waals surface area contributed by atoms with Crippen LogP contribution < -0.4 is 5.32 Å². The number of nitrogens with zero attached hydrogens (tertiary/aromatic N) is 4. The number of H-pyrrole nitrogens is 1. The Bertz CT molecular complexity index is 1030. The molecule has 0 atom stereocenters. The number of amides is 2. The summed E-state index contributed by atoms with van der Waals surface area (Å²) in [4.78, 5) is 30.1. The van der Waals surface area contributed by atoms with Gasteiger partial charge in [-0.15, -0.1) is 5.10 Å². The zero-order valence-corrected chi connectivity index (χ0v) is 17.5. The van der Waals surface area contributed by atoms with Crippen LogP contribution in [0.25, 0.3) is 10.9 Å². The summed E-state index contributed by atoms with van der Waals surface area (Å²) < 4.78 is 1.77. The van der Waals surface area contributed by atoms with E-state index < -0.39 is 0 Å². The molecule has 0 unspecified atom stereocenters. The maximum Gasteiger partial charge on any atom is 0.273 e. The van der Waals surface area contributed by atoms with Gasteiger partial charge in [0, 0.05) is 36.7 Å². The molecule has 2 aromatic heterocycles. The highest BCUT2D eigenvalue weighted by Gasteiger charge is 2.25. The molecular formula is C22H28N6O2. The predicted octanol–water partition coefficient (Wildman–Crippen LogP) is 2.55. The van der Waals surface area contributed by atoms with E-state index in [4.69, 9.17) is 0 Å². The minimum atomic E-state index is -0.193. The second-order valence-electron chi connectivity index (χ2n) is 8.34. The molecule has 1 saturated heterocycles. The SMILES string of the molecule is CC(C)CNC(=O)c1cn(C2CCN(C(=O)Cc3c[nH]c4ccccc34)CC2)nn1. The van der Waals surface area contributed by atoms with Gasteiger partial charge in [-0.3, -0.25) is 9.59 Å². The second kappa shape index (κ2) is 8.69. The van der Waals surface area contributed by atoms with Crippen LogP contribution >= 0.6 is 0 Å². The molecule has 158 valence electrons. The van der Waals surface area contributed by atoms with Crippen molar-refractivity contribution in [2.24, 2.45) is 5.92 Å². The number of nitrogens with one attached hydrogen (secondary N) is 2. The standard InChI is InChI=1S/C22H28N6O2/c1-15(2)12-24-22(30)20-14-28(26-25-20)17-7-9-27(10-8-17)21(29)11-16-13-23-19-6-4-3-5-18(16)19/h3-6,13-15,17,23H,7-12H2,1-2H3,(H,24,30). The summed E-state index contributed by atoms with van der Waals surface area (Å²) in [5.41, 5.74) is 2.43. The van der Waals surface area contributed by atoms with Crippen molar-refractivity contribution >= 4 is 22.7 Å². The lowest BCUT2D eigenvalue weighted by atomic mass is 10.0. The van der Waals surface area contributed by atoms with E-state index in [1.165, 1.54) is 0 Å². The number of piperidine rings is 1. The Hall–Kier alpha value is -3.16. The molecule has 0 bridgehead atoms. The van der Waals surface area contributed by atoms with Gasteiger partial charge < -0.3 is 15.2 Å². The van der Waals surface area contributed by atoms with Gasteiger partial charge >= 0.3 is 0 Å². The summed E-state index contributed by atoms with van der Waals surface area (Å²) in [6.07, 6.45) is 5.64. The Morgan fingerprint density at radius 3 is 2.77 bits per heavy atom. The summed E-state index contributed by atoms with van der Waals surface area (Å²) in [5.74, 6) is 0.335. The molecule has 1 aliphatic rings. The molecular weight excluding hydrogens is 380 g/mol. The fourth-order valence-electron chi connectivity index (χ4n) is 3.88. The van der Waals surface area contributed by atoms with Crippen molar-refractivity contribution in [1.29, 1.82) is 0 Å². The van der Waals surface area contributed by atoms with Gasteiger partial charge in [0.1, 0.15) is 0 Å². The van der Waals surface area contributed by atoms with Crippen molar-refractivity contribution in [3.05, 3.63) is 47.9 Å². The van der Waals surface area contributed by atoms with Gasteiger partial charge in [-0.05, 0) is 30.4 Å². The molecule has 1 fully saturated rings. The molecule has 1 aliphatic heterocycles. The topological polar surface area (TPSA) is 95.9 Å². The van der Waals surface area contributed by atoms with E-state index in [0.29, 0.717) is 37.7 Å². The fraction of sp³-hybridized carbons (Fsp3) is 0.455. The van der Waals surface area contributed by atoms with Crippen molar-refractivity contribution in [3.63, 3.8) is 0 Å². The Morgan fingerprint density at radius 2 is 2.00 bits per heavy atom. The van der Waals surface area contributed by atoms with Gasteiger partial charge in [-0.25, -0.2) is 4.68 Å². The Morgan fingerprint density at radius 1 is 1.23 bits per heavy atom. The van der Waals surface area contributed by atoms with E-state index in [1.54, 1.807) is 10.9 Å². The van der Waals surface area contributed by atoms with Crippen LogP contribution in [0.1, 0.15) is 48.8 Å². The number of likely N-dealkylation sites (tertiary alicyclic amines) is 1. The molecule has 8 nitrogen and oxygen atoms in total. The van der Waals surface area contributed by atoms with Crippen molar-refractivity contribution in [2.45, 2.75) is 39.2 Å². The number of carbonyl (C=O) groups is 2. The average Bonchev–Trinajstić information content (AvgIpc) is 3.40. The van der Waals surface area contributed by atoms with Crippen molar-refractivity contribution in [1.82, 2.24) is 30.2 Å². The molecule has 0 aliphatic carbocycles. The van der Waals surface area contributed by atoms with E-state index >= 15 is 0 Å². The molecule has 2 N–H and O–H groups in total. The molecule has 0 saturated carbocycles. The van der Waals surface area contributed by atoms with Gasteiger partial charge in [0.15, 0.2) is 5.69 Å².